The van der Waals surface area contributed by atoms with Crippen molar-refractivity contribution < 1.29 is 14.3 Å². The van der Waals surface area contributed by atoms with Crippen molar-refractivity contribution in [2.45, 2.75) is 38.8 Å². The fourth-order valence-electron chi connectivity index (χ4n) is 3.47. The highest BCUT2D eigenvalue weighted by Crippen LogP contribution is 2.26. The first kappa shape index (κ1) is 22.7. The van der Waals surface area contributed by atoms with Crippen molar-refractivity contribution >= 4 is 22.7 Å². The number of nitrogens with one attached hydrogen (secondary N) is 5. The molecule has 3 aromatic rings. The van der Waals surface area contributed by atoms with Crippen molar-refractivity contribution in [1.29, 1.82) is 5.26 Å². The molecular formula is C22H26N6O4. The van der Waals surface area contributed by atoms with Crippen LogP contribution in [0.4, 0.5) is 0 Å². The van der Waals surface area contributed by atoms with Gasteiger partial charge in [-0.25, -0.2) is 4.79 Å². The normalized spacial score (nSPS) is 12.8. The molecular weight excluding hydrogens is 412 g/mol. The van der Waals surface area contributed by atoms with Gasteiger partial charge in [0.05, 0.1) is 13.2 Å². The third-order valence-electron chi connectivity index (χ3n) is 4.97. The average Bonchev–Trinajstić information content (AvgIpc) is 3.38. The van der Waals surface area contributed by atoms with E-state index in [-0.39, 0.29) is 18.0 Å². The van der Waals surface area contributed by atoms with Gasteiger partial charge < -0.3 is 30.3 Å². The summed E-state index contributed by atoms with van der Waals surface area (Å²) >= 11 is 0. The Morgan fingerprint density at radius 2 is 2.00 bits per heavy atom. The summed E-state index contributed by atoms with van der Waals surface area (Å²) in [5, 5.41) is 15.6. The van der Waals surface area contributed by atoms with Gasteiger partial charge in [-0.1, -0.05) is 19.9 Å². The number of hydrogen-bond donors (Lipinski definition) is 5. The van der Waals surface area contributed by atoms with Gasteiger partial charge in [-0.3, -0.25) is 9.59 Å². The van der Waals surface area contributed by atoms with E-state index < -0.39 is 23.9 Å². The molecule has 0 spiro atoms. The Labute approximate surface area is 184 Å². The zero-order valence-electron chi connectivity index (χ0n) is 18.1. The van der Waals surface area contributed by atoms with Gasteiger partial charge >= 0.3 is 5.69 Å². The lowest BCUT2D eigenvalue weighted by molar-refractivity contribution is -0.123. The Morgan fingerprint density at radius 3 is 2.62 bits per heavy atom. The second-order valence-electron chi connectivity index (χ2n) is 7.92. The van der Waals surface area contributed by atoms with E-state index in [4.69, 9.17) is 4.74 Å². The van der Waals surface area contributed by atoms with E-state index in [1.54, 1.807) is 19.2 Å². The first-order chi connectivity index (χ1) is 15.3. The summed E-state index contributed by atoms with van der Waals surface area (Å²) < 4.78 is 5.33. The number of nitriles is 1. The molecule has 2 aromatic heterocycles. The van der Waals surface area contributed by atoms with Crippen LogP contribution in [0.2, 0.25) is 0 Å². The number of benzene rings is 1. The van der Waals surface area contributed by atoms with Gasteiger partial charge in [0.1, 0.15) is 23.5 Å². The van der Waals surface area contributed by atoms with E-state index >= 15 is 0 Å². The molecule has 10 nitrogen and oxygen atoms in total. The van der Waals surface area contributed by atoms with E-state index in [0.29, 0.717) is 23.6 Å². The van der Waals surface area contributed by atoms with Crippen LogP contribution in [-0.4, -0.2) is 46.0 Å². The molecule has 2 amide bonds. The van der Waals surface area contributed by atoms with Crippen LogP contribution in [0.1, 0.15) is 36.5 Å². The van der Waals surface area contributed by atoms with E-state index in [1.807, 2.05) is 32.0 Å². The minimum absolute atomic E-state index is 0.121. The quantitative estimate of drug-likeness (QED) is 0.343. The molecule has 0 bridgehead atoms. The van der Waals surface area contributed by atoms with Crippen molar-refractivity contribution in [3.63, 3.8) is 0 Å². The smallest absolute Gasteiger partial charge is 0.323 e. The Balaban J connectivity index is 1.73. The zero-order valence-corrected chi connectivity index (χ0v) is 18.1. The molecule has 2 heterocycles. The van der Waals surface area contributed by atoms with Crippen LogP contribution in [0, 0.1) is 17.2 Å². The first-order valence-corrected chi connectivity index (χ1v) is 10.2. The zero-order chi connectivity index (χ0) is 23.3. The molecule has 0 aliphatic rings. The van der Waals surface area contributed by atoms with Crippen LogP contribution in [0.5, 0.6) is 5.75 Å². The van der Waals surface area contributed by atoms with E-state index in [9.17, 15) is 19.6 Å². The SMILES string of the molecule is COc1cccc2[nH]c(C(=O)N[C@@H](CC(C)C)C(=O)N[C@H](C#N)Cc3c[nH]c(=O)[nH]3)cc12. The second kappa shape index (κ2) is 9.87. The third kappa shape index (κ3) is 5.37. The topological polar surface area (TPSA) is 156 Å². The summed E-state index contributed by atoms with van der Waals surface area (Å²) in [6.45, 7) is 3.87. The number of aromatic amines is 3. The highest BCUT2D eigenvalue weighted by molar-refractivity contribution is 6.01. The molecule has 0 saturated heterocycles. The maximum atomic E-state index is 12.9. The van der Waals surface area contributed by atoms with Gasteiger partial charge in [0, 0.05) is 29.2 Å². The highest BCUT2D eigenvalue weighted by atomic mass is 16.5. The summed E-state index contributed by atoms with van der Waals surface area (Å²) in [6.07, 6.45) is 1.97. The van der Waals surface area contributed by atoms with Gasteiger partial charge in [0.2, 0.25) is 5.91 Å². The number of hydrogen-bond acceptors (Lipinski definition) is 5. The van der Waals surface area contributed by atoms with Gasteiger partial charge in [-0.2, -0.15) is 5.26 Å². The van der Waals surface area contributed by atoms with Gasteiger partial charge in [-0.05, 0) is 30.5 Å². The van der Waals surface area contributed by atoms with Crippen LogP contribution in [0.15, 0.2) is 35.3 Å². The molecule has 0 aliphatic carbocycles. The molecule has 168 valence electrons. The number of imidazole rings is 1. The average molecular weight is 438 g/mol. The van der Waals surface area contributed by atoms with Crippen LogP contribution in [0.3, 0.4) is 0 Å². The fraction of sp³-hybridized carbons (Fsp3) is 0.364. The molecule has 1 aromatic carbocycles. The van der Waals surface area contributed by atoms with Gasteiger partial charge in [0.25, 0.3) is 5.91 Å². The Hall–Kier alpha value is -4.00. The number of aromatic nitrogens is 3. The van der Waals surface area contributed by atoms with Crippen LogP contribution in [-0.2, 0) is 11.2 Å². The molecule has 0 aliphatic heterocycles. The molecule has 0 radical (unpaired) electrons. The highest BCUT2D eigenvalue weighted by Gasteiger charge is 2.26. The van der Waals surface area contributed by atoms with Crippen LogP contribution < -0.4 is 21.1 Å². The largest absolute Gasteiger partial charge is 0.496 e. The number of fused-ring (bicyclic) bond motifs is 1. The van der Waals surface area contributed by atoms with E-state index in [2.05, 4.69) is 25.6 Å². The Kier molecular flexibility index (Phi) is 7.00. The summed E-state index contributed by atoms with van der Waals surface area (Å²) in [6, 6.07) is 7.43. The molecule has 5 N–H and O–H groups in total. The molecule has 3 rings (SSSR count). The number of methoxy groups -OCH3 is 1. The Morgan fingerprint density at radius 1 is 1.22 bits per heavy atom. The summed E-state index contributed by atoms with van der Waals surface area (Å²) in [5.41, 5.74) is 1.15. The van der Waals surface area contributed by atoms with Crippen molar-refractivity contribution in [3.05, 3.63) is 52.3 Å². The minimum atomic E-state index is -0.863. The monoisotopic (exact) mass is 438 g/mol. The second-order valence-corrected chi connectivity index (χ2v) is 7.92. The Bertz CT molecular complexity index is 1200. The number of rotatable bonds is 9. The number of nitrogens with zero attached hydrogens (tertiary/aromatic N) is 1. The fourth-order valence-corrected chi connectivity index (χ4v) is 3.47. The molecule has 32 heavy (non-hydrogen) atoms. The summed E-state index contributed by atoms with van der Waals surface area (Å²) in [5.74, 6) is -0.151. The van der Waals surface area contributed by atoms with Gasteiger partial charge in [-0.15, -0.1) is 0 Å². The number of H-pyrrole nitrogens is 3. The number of carbonyl (C=O) groups excluding carboxylic acids is 2. The third-order valence-corrected chi connectivity index (χ3v) is 4.97. The lowest BCUT2D eigenvalue weighted by Crippen LogP contribution is -2.50. The number of amides is 2. The lowest BCUT2D eigenvalue weighted by atomic mass is 10.0. The maximum Gasteiger partial charge on any atom is 0.323 e. The van der Waals surface area contributed by atoms with Crippen molar-refractivity contribution in [2.75, 3.05) is 7.11 Å². The van der Waals surface area contributed by atoms with Gasteiger partial charge in [0.15, 0.2) is 0 Å². The maximum absolute atomic E-state index is 12.9. The lowest BCUT2D eigenvalue weighted by Gasteiger charge is -2.21. The molecule has 0 saturated carbocycles. The predicted molar refractivity (Wildman–Crippen MR) is 118 cm³/mol. The van der Waals surface area contributed by atoms with Crippen molar-refractivity contribution in [3.8, 4) is 11.8 Å². The van der Waals surface area contributed by atoms with Crippen LogP contribution >= 0.6 is 0 Å². The standard InChI is InChI=1S/C22H26N6O4/c1-12(2)7-17(20(29)25-13(10-23)8-14-11-24-22(31)26-14)28-21(30)18-9-15-16(27-18)5-4-6-19(15)32-3/h4-6,9,11-13,17,27H,7-8H2,1-3H3,(H,25,29)(H,28,30)(H2,24,26,31)/t13-,17-/m0/s1. The van der Waals surface area contributed by atoms with Crippen LogP contribution in [0.25, 0.3) is 10.9 Å². The molecule has 2 atom stereocenters. The van der Waals surface area contributed by atoms with Crippen molar-refractivity contribution in [2.24, 2.45) is 5.92 Å². The first-order valence-electron chi connectivity index (χ1n) is 10.2. The summed E-state index contributed by atoms with van der Waals surface area (Å²) in [7, 11) is 1.55. The predicted octanol–water partition coefficient (Wildman–Crippen LogP) is 1.59. The van der Waals surface area contributed by atoms with Crippen molar-refractivity contribution in [1.82, 2.24) is 25.6 Å². The molecule has 10 heteroatoms. The summed E-state index contributed by atoms with van der Waals surface area (Å²) in [4.78, 5) is 45.1. The molecule has 0 unspecified atom stereocenters. The number of ether oxygens (including phenoxy) is 1. The minimum Gasteiger partial charge on any atom is -0.496 e. The van der Waals surface area contributed by atoms with E-state index in [0.717, 1.165) is 10.9 Å². The molecule has 0 fully saturated rings. The van der Waals surface area contributed by atoms with E-state index in [1.165, 1.54) is 6.20 Å². The number of carbonyl (C=O) groups is 2.